The molecule has 2 heteroatoms. The van der Waals surface area contributed by atoms with Crippen LogP contribution in [-0.2, 0) is 4.79 Å². The van der Waals surface area contributed by atoms with Gasteiger partial charge in [-0.2, -0.15) is 0 Å². The van der Waals surface area contributed by atoms with Gasteiger partial charge in [-0.1, -0.05) is 12.1 Å². The summed E-state index contributed by atoms with van der Waals surface area (Å²) in [5.41, 5.74) is 1.93. The molecule has 1 nitrogen and oxygen atoms in total. The monoisotopic (exact) mass is 302 g/mol. The van der Waals surface area contributed by atoms with Crippen LogP contribution < -0.4 is 0 Å². The van der Waals surface area contributed by atoms with Crippen molar-refractivity contribution in [1.82, 2.24) is 0 Å². The second kappa shape index (κ2) is 6.93. The first-order valence-electron chi connectivity index (χ1n) is 8.88. The number of carbonyl (C=O) groups is 1. The van der Waals surface area contributed by atoms with Crippen molar-refractivity contribution in [2.45, 2.75) is 64.2 Å². The number of aldehydes is 1. The summed E-state index contributed by atoms with van der Waals surface area (Å²) in [5, 5.41) is 0. The van der Waals surface area contributed by atoms with Gasteiger partial charge >= 0.3 is 0 Å². The van der Waals surface area contributed by atoms with Gasteiger partial charge in [0.05, 0.1) is 0 Å². The standard InChI is InChI=1S/C20H27FO/c1-14-2-5-19(12-20(14)21)18-10-8-17(9-11-18)16-6-3-15(13-22)4-7-16/h2,5,12-13,15-18H,3-4,6-11H2,1H3/t15-,16-,17?,18?. The van der Waals surface area contributed by atoms with E-state index in [9.17, 15) is 9.18 Å². The quantitative estimate of drug-likeness (QED) is 0.682. The van der Waals surface area contributed by atoms with E-state index in [1.165, 1.54) is 44.1 Å². The van der Waals surface area contributed by atoms with Crippen molar-refractivity contribution in [3.05, 3.63) is 35.1 Å². The highest BCUT2D eigenvalue weighted by Gasteiger charge is 2.31. The predicted octanol–water partition coefficient (Wildman–Crippen LogP) is 5.41. The zero-order valence-electron chi connectivity index (χ0n) is 13.6. The van der Waals surface area contributed by atoms with Crippen LogP contribution in [0.2, 0.25) is 0 Å². The third-order valence-corrected chi connectivity index (χ3v) is 6.11. The Hall–Kier alpha value is -1.18. The Kier molecular flexibility index (Phi) is 4.95. The molecule has 2 saturated carbocycles. The highest BCUT2D eigenvalue weighted by molar-refractivity contribution is 5.53. The molecule has 0 amide bonds. The largest absolute Gasteiger partial charge is 0.303 e. The number of hydrogen-bond donors (Lipinski definition) is 0. The third kappa shape index (κ3) is 3.42. The van der Waals surface area contributed by atoms with Crippen molar-refractivity contribution >= 4 is 6.29 Å². The van der Waals surface area contributed by atoms with E-state index in [4.69, 9.17) is 0 Å². The number of carbonyl (C=O) groups excluding carboxylic acids is 1. The van der Waals surface area contributed by atoms with Gasteiger partial charge in [-0.15, -0.1) is 0 Å². The van der Waals surface area contributed by atoms with E-state index in [1.54, 1.807) is 6.07 Å². The third-order valence-electron chi connectivity index (χ3n) is 6.11. The van der Waals surface area contributed by atoms with Crippen LogP contribution in [0.5, 0.6) is 0 Å². The van der Waals surface area contributed by atoms with E-state index in [2.05, 4.69) is 6.07 Å². The maximum atomic E-state index is 13.7. The molecule has 120 valence electrons. The lowest BCUT2D eigenvalue weighted by Gasteiger charge is -2.37. The zero-order chi connectivity index (χ0) is 15.5. The van der Waals surface area contributed by atoms with Gasteiger partial charge in [0.1, 0.15) is 12.1 Å². The smallest absolute Gasteiger partial charge is 0.126 e. The van der Waals surface area contributed by atoms with Crippen molar-refractivity contribution in [3.8, 4) is 0 Å². The lowest BCUT2D eigenvalue weighted by molar-refractivity contribution is -0.112. The molecule has 0 unspecified atom stereocenters. The molecule has 0 aromatic heterocycles. The fraction of sp³-hybridized carbons (Fsp3) is 0.650. The van der Waals surface area contributed by atoms with Crippen LogP contribution in [0.4, 0.5) is 4.39 Å². The fourth-order valence-corrected chi connectivity index (χ4v) is 4.54. The molecule has 1 aromatic carbocycles. The lowest BCUT2D eigenvalue weighted by Crippen LogP contribution is -2.25. The molecule has 0 spiro atoms. The summed E-state index contributed by atoms with van der Waals surface area (Å²) < 4.78 is 13.7. The van der Waals surface area contributed by atoms with E-state index in [1.807, 2.05) is 13.0 Å². The van der Waals surface area contributed by atoms with Crippen molar-refractivity contribution in [2.24, 2.45) is 17.8 Å². The minimum absolute atomic E-state index is 0.0631. The second-order valence-electron chi connectivity index (χ2n) is 7.43. The van der Waals surface area contributed by atoms with Gasteiger partial charge in [-0.05, 0) is 93.2 Å². The molecule has 0 radical (unpaired) electrons. The van der Waals surface area contributed by atoms with E-state index >= 15 is 0 Å². The Morgan fingerprint density at radius 2 is 1.55 bits per heavy atom. The normalized spacial score (nSPS) is 32.6. The molecule has 3 rings (SSSR count). The molecule has 0 N–H and O–H groups in total. The van der Waals surface area contributed by atoms with Gasteiger partial charge in [-0.25, -0.2) is 4.39 Å². The maximum Gasteiger partial charge on any atom is 0.126 e. The SMILES string of the molecule is Cc1ccc(C2CCC([C@H]3CC[C@H](C=O)CC3)CC2)cc1F. The first-order chi connectivity index (χ1) is 10.7. The van der Waals surface area contributed by atoms with Crippen LogP contribution in [0, 0.1) is 30.5 Å². The van der Waals surface area contributed by atoms with E-state index in [-0.39, 0.29) is 5.82 Å². The average Bonchev–Trinajstić information content (AvgIpc) is 2.58. The molecular formula is C20H27FO. The molecule has 0 aliphatic heterocycles. The highest BCUT2D eigenvalue weighted by Crippen LogP contribution is 2.43. The van der Waals surface area contributed by atoms with Gasteiger partial charge in [0.2, 0.25) is 0 Å². The van der Waals surface area contributed by atoms with Crippen molar-refractivity contribution in [1.29, 1.82) is 0 Å². The number of benzene rings is 1. The van der Waals surface area contributed by atoms with Crippen molar-refractivity contribution in [2.75, 3.05) is 0 Å². The molecule has 2 aliphatic carbocycles. The summed E-state index contributed by atoms with van der Waals surface area (Å²) in [6.45, 7) is 1.83. The van der Waals surface area contributed by atoms with Crippen molar-refractivity contribution < 1.29 is 9.18 Å². The Morgan fingerprint density at radius 3 is 2.09 bits per heavy atom. The minimum atomic E-state index is -0.0631. The van der Waals surface area contributed by atoms with Crippen LogP contribution in [-0.4, -0.2) is 6.29 Å². The summed E-state index contributed by atoms with van der Waals surface area (Å²) >= 11 is 0. The van der Waals surface area contributed by atoms with E-state index in [0.717, 1.165) is 36.5 Å². The van der Waals surface area contributed by atoms with Gasteiger partial charge in [0.15, 0.2) is 0 Å². The average molecular weight is 302 g/mol. The summed E-state index contributed by atoms with van der Waals surface area (Å²) in [7, 11) is 0. The Labute approximate surface area is 133 Å². The van der Waals surface area contributed by atoms with Crippen LogP contribution in [0.1, 0.15) is 68.4 Å². The Balaban J connectivity index is 1.54. The fourth-order valence-electron chi connectivity index (χ4n) is 4.54. The van der Waals surface area contributed by atoms with Crippen LogP contribution in [0.25, 0.3) is 0 Å². The summed E-state index contributed by atoms with van der Waals surface area (Å²) in [6.07, 6.45) is 10.7. The summed E-state index contributed by atoms with van der Waals surface area (Å²) in [6, 6.07) is 5.77. The van der Waals surface area contributed by atoms with E-state index in [0.29, 0.717) is 11.8 Å². The van der Waals surface area contributed by atoms with Crippen LogP contribution in [0.15, 0.2) is 18.2 Å². The number of rotatable bonds is 3. The molecule has 2 fully saturated rings. The zero-order valence-corrected chi connectivity index (χ0v) is 13.6. The van der Waals surface area contributed by atoms with Gasteiger partial charge in [0.25, 0.3) is 0 Å². The van der Waals surface area contributed by atoms with Gasteiger partial charge < -0.3 is 4.79 Å². The molecule has 2 aliphatic rings. The summed E-state index contributed by atoms with van der Waals surface area (Å²) in [4.78, 5) is 10.9. The molecule has 0 bridgehead atoms. The molecule has 22 heavy (non-hydrogen) atoms. The molecule has 0 saturated heterocycles. The van der Waals surface area contributed by atoms with Gasteiger partial charge in [0, 0.05) is 5.92 Å². The van der Waals surface area contributed by atoms with Crippen LogP contribution in [0.3, 0.4) is 0 Å². The van der Waals surface area contributed by atoms with Crippen LogP contribution >= 0.6 is 0 Å². The highest BCUT2D eigenvalue weighted by atomic mass is 19.1. The molecule has 0 atom stereocenters. The molecule has 1 aromatic rings. The van der Waals surface area contributed by atoms with E-state index < -0.39 is 0 Å². The maximum absolute atomic E-state index is 13.7. The number of halogens is 1. The predicted molar refractivity (Wildman–Crippen MR) is 87.3 cm³/mol. The Morgan fingerprint density at radius 1 is 0.955 bits per heavy atom. The van der Waals surface area contributed by atoms with Crippen molar-refractivity contribution in [3.63, 3.8) is 0 Å². The second-order valence-corrected chi connectivity index (χ2v) is 7.43. The number of aryl methyl sites for hydroxylation is 1. The topological polar surface area (TPSA) is 17.1 Å². The first-order valence-corrected chi connectivity index (χ1v) is 8.88. The summed E-state index contributed by atoms with van der Waals surface area (Å²) in [5.74, 6) is 2.46. The number of hydrogen-bond acceptors (Lipinski definition) is 1. The molecular weight excluding hydrogens is 275 g/mol. The first kappa shape index (κ1) is 15.7. The Bertz CT molecular complexity index is 508. The lowest BCUT2D eigenvalue weighted by atomic mass is 9.68. The minimum Gasteiger partial charge on any atom is -0.303 e. The molecule has 0 heterocycles. The van der Waals surface area contributed by atoms with Gasteiger partial charge in [-0.3, -0.25) is 0 Å².